The molecule has 0 spiro atoms. The number of ether oxygens (including phenoxy) is 1. The molecule has 1 aromatic carbocycles. The Morgan fingerprint density at radius 2 is 1.76 bits per heavy atom. The minimum atomic E-state index is -0.346. The summed E-state index contributed by atoms with van der Waals surface area (Å²) in [6.45, 7) is 4.07. The summed E-state index contributed by atoms with van der Waals surface area (Å²) in [5.74, 6) is 1.20. The third kappa shape index (κ3) is 4.47. The van der Waals surface area contributed by atoms with Crippen molar-refractivity contribution in [3.05, 3.63) is 41.6 Å². The van der Waals surface area contributed by atoms with E-state index >= 15 is 0 Å². The van der Waals surface area contributed by atoms with E-state index < -0.39 is 0 Å². The molecule has 1 fully saturated rings. The molecule has 0 bridgehead atoms. The summed E-state index contributed by atoms with van der Waals surface area (Å²) in [5.41, 5.74) is 2.28. The zero-order chi connectivity index (χ0) is 17.6. The lowest BCUT2D eigenvalue weighted by Crippen LogP contribution is -2.25. The molecule has 0 amide bonds. The smallest absolute Gasteiger partial charge is 0.337 e. The second kappa shape index (κ2) is 7.96. The Hall–Kier alpha value is -2.63. The van der Waals surface area contributed by atoms with Crippen LogP contribution in [0.4, 0.5) is 17.5 Å². The molecular formula is C19H24N4O2. The summed E-state index contributed by atoms with van der Waals surface area (Å²) in [6, 6.07) is 9.13. The molecule has 0 aliphatic carbocycles. The maximum Gasteiger partial charge on any atom is 0.337 e. The van der Waals surface area contributed by atoms with E-state index in [2.05, 4.69) is 20.2 Å². The molecule has 132 valence electrons. The minimum absolute atomic E-state index is 0.346. The molecule has 0 unspecified atom stereocenters. The van der Waals surface area contributed by atoms with Gasteiger partial charge in [-0.2, -0.15) is 4.98 Å². The van der Waals surface area contributed by atoms with Gasteiger partial charge in [-0.1, -0.05) is 12.8 Å². The molecule has 0 saturated carbocycles. The van der Waals surface area contributed by atoms with Crippen molar-refractivity contribution in [2.75, 3.05) is 30.4 Å². The number of benzene rings is 1. The standard InChI is InChI=1S/C19H24N4O2/c1-14-13-17(23-11-5-3-4-6-12-23)22-19(20-14)21-16-9-7-15(8-10-16)18(24)25-2/h7-10,13H,3-6,11-12H2,1-2H3,(H,20,21,22). The van der Waals surface area contributed by atoms with E-state index in [0.29, 0.717) is 11.5 Å². The van der Waals surface area contributed by atoms with Crippen molar-refractivity contribution in [3.63, 3.8) is 0 Å². The van der Waals surface area contributed by atoms with Crippen molar-refractivity contribution in [3.8, 4) is 0 Å². The number of methoxy groups -OCH3 is 1. The molecule has 1 aliphatic heterocycles. The molecule has 1 N–H and O–H groups in total. The van der Waals surface area contributed by atoms with Gasteiger partial charge in [-0.3, -0.25) is 0 Å². The Bertz CT molecular complexity index is 723. The maximum atomic E-state index is 11.5. The minimum Gasteiger partial charge on any atom is -0.465 e. The van der Waals surface area contributed by atoms with Crippen molar-refractivity contribution < 1.29 is 9.53 Å². The summed E-state index contributed by atoms with van der Waals surface area (Å²) in [5, 5.41) is 3.22. The quantitative estimate of drug-likeness (QED) is 0.856. The first kappa shape index (κ1) is 17.2. The molecule has 0 atom stereocenters. The predicted octanol–water partition coefficient (Wildman–Crippen LogP) is 3.70. The average Bonchev–Trinajstić information content (AvgIpc) is 2.90. The van der Waals surface area contributed by atoms with Crippen LogP contribution in [0.2, 0.25) is 0 Å². The normalized spacial score (nSPS) is 14.7. The molecule has 25 heavy (non-hydrogen) atoms. The molecule has 6 heteroatoms. The number of carbonyl (C=O) groups excluding carboxylic acids is 1. The Kier molecular flexibility index (Phi) is 5.48. The van der Waals surface area contributed by atoms with Gasteiger partial charge in [0.15, 0.2) is 0 Å². The Balaban J connectivity index is 1.77. The van der Waals surface area contributed by atoms with Gasteiger partial charge < -0.3 is 15.0 Å². The highest BCUT2D eigenvalue weighted by Gasteiger charge is 2.13. The summed E-state index contributed by atoms with van der Waals surface area (Å²) in [6.07, 6.45) is 5.00. The molecule has 1 aromatic heterocycles. The van der Waals surface area contributed by atoms with E-state index in [1.165, 1.54) is 32.8 Å². The lowest BCUT2D eigenvalue weighted by Gasteiger charge is -2.22. The van der Waals surface area contributed by atoms with Crippen LogP contribution >= 0.6 is 0 Å². The van der Waals surface area contributed by atoms with Gasteiger partial charge in [0.1, 0.15) is 5.82 Å². The fourth-order valence-corrected chi connectivity index (χ4v) is 3.01. The summed E-state index contributed by atoms with van der Waals surface area (Å²) in [4.78, 5) is 23.0. The van der Waals surface area contributed by atoms with E-state index in [4.69, 9.17) is 4.74 Å². The van der Waals surface area contributed by atoms with Gasteiger partial charge in [0.05, 0.1) is 12.7 Å². The van der Waals surface area contributed by atoms with E-state index in [1.807, 2.05) is 25.1 Å². The van der Waals surface area contributed by atoms with Crippen molar-refractivity contribution in [2.24, 2.45) is 0 Å². The first-order chi connectivity index (χ1) is 12.2. The Morgan fingerprint density at radius 1 is 1.08 bits per heavy atom. The number of anilines is 3. The fourth-order valence-electron chi connectivity index (χ4n) is 3.01. The van der Waals surface area contributed by atoms with Gasteiger partial charge in [-0.15, -0.1) is 0 Å². The highest BCUT2D eigenvalue weighted by molar-refractivity contribution is 5.89. The van der Waals surface area contributed by atoms with Crippen LogP contribution in [-0.4, -0.2) is 36.1 Å². The van der Waals surface area contributed by atoms with Gasteiger partial charge in [0.25, 0.3) is 0 Å². The summed E-state index contributed by atoms with van der Waals surface area (Å²) >= 11 is 0. The number of hydrogen-bond donors (Lipinski definition) is 1. The highest BCUT2D eigenvalue weighted by Crippen LogP contribution is 2.21. The highest BCUT2D eigenvalue weighted by atomic mass is 16.5. The van der Waals surface area contributed by atoms with Crippen LogP contribution in [0.15, 0.2) is 30.3 Å². The molecule has 6 nitrogen and oxygen atoms in total. The average molecular weight is 340 g/mol. The first-order valence-electron chi connectivity index (χ1n) is 8.72. The monoisotopic (exact) mass is 340 g/mol. The SMILES string of the molecule is COC(=O)c1ccc(Nc2nc(C)cc(N3CCCCCC3)n2)cc1. The van der Waals surface area contributed by atoms with E-state index in [9.17, 15) is 4.79 Å². The number of esters is 1. The van der Waals surface area contributed by atoms with Gasteiger partial charge in [0.2, 0.25) is 5.95 Å². The number of nitrogens with zero attached hydrogens (tertiary/aromatic N) is 3. The number of rotatable bonds is 4. The Labute approximate surface area is 148 Å². The topological polar surface area (TPSA) is 67.3 Å². The molecular weight excluding hydrogens is 316 g/mol. The molecule has 1 aliphatic rings. The maximum absolute atomic E-state index is 11.5. The van der Waals surface area contributed by atoms with Crippen molar-refractivity contribution in [2.45, 2.75) is 32.6 Å². The van der Waals surface area contributed by atoms with Gasteiger partial charge >= 0.3 is 5.97 Å². The molecule has 1 saturated heterocycles. The molecule has 3 rings (SSSR count). The first-order valence-corrected chi connectivity index (χ1v) is 8.72. The van der Waals surface area contributed by atoms with Gasteiger partial charge in [0, 0.05) is 30.5 Å². The van der Waals surface area contributed by atoms with Crippen molar-refractivity contribution >= 4 is 23.4 Å². The number of aryl methyl sites for hydroxylation is 1. The second-order valence-electron chi connectivity index (χ2n) is 6.29. The number of hydrogen-bond acceptors (Lipinski definition) is 6. The lowest BCUT2D eigenvalue weighted by atomic mass is 10.2. The largest absolute Gasteiger partial charge is 0.465 e. The third-order valence-electron chi connectivity index (χ3n) is 4.33. The van der Waals surface area contributed by atoms with E-state index in [-0.39, 0.29) is 5.97 Å². The number of carbonyl (C=O) groups is 1. The second-order valence-corrected chi connectivity index (χ2v) is 6.29. The van der Waals surface area contributed by atoms with Crippen LogP contribution in [0.5, 0.6) is 0 Å². The van der Waals surface area contributed by atoms with Crippen LogP contribution in [0.25, 0.3) is 0 Å². The van der Waals surface area contributed by atoms with Crippen molar-refractivity contribution in [1.82, 2.24) is 9.97 Å². The lowest BCUT2D eigenvalue weighted by molar-refractivity contribution is 0.0601. The molecule has 2 aromatic rings. The molecule has 0 radical (unpaired) electrons. The third-order valence-corrected chi connectivity index (χ3v) is 4.33. The van der Waals surface area contributed by atoms with Crippen LogP contribution in [-0.2, 0) is 4.74 Å². The number of nitrogens with one attached hydrogen (secondary N) is 1. The van der Waals surface area contributed by atoms with Gasteiger partial charge in [-0.05, 0) is 44.0 Å². The van der Waals surface area contributed by atoms with Gasteiger partial charge in [-0.25, -0.2) is 9.78 Å². The predicted molar refractivity (Wildman–Crippen MR) is 98.5 cm³/mol. The Morgan fingerprint density at radius 3 is 2.40 bits per heavy atom. The van der Waals surface area contributed by atoms with Crippen LogP contribution in [0, 0.1) is 6.92 Å². The summed E-state index contributed by atoms with van der Waals surface area (Å²) < 4.78 is 4.71. The zero-order valence-electron chi connectivity index (χ0n) is 14.8. The zero-order valence-corrected chi connectivity index (χ0v) is 14.8. The number of aromatic nitrogens is 2. The van der Waals surface area contributed by atoms with E-state index in [1.54, 1.807) is 12.1 Å². The molecule has 2 heterocycles. The van der Waals surface area contributed by atoms with Crippen molar-refractivity contribution in [1.29, 1.82) is 0 Å². The van der Waals surface area contributed by atoms with E-state index in [0.717, 1.165) is 30.3 Å². The summed E-state index contributed by atoms with van der Waals surface area (Å²) in [7, 11) is 1.37. The fraction of sp³-hybridized carbons (Fsp3) is 0.421. The van der Waals surface area contributed by atoms with Crippen LogP contribution in [0.3, 0.4) is 0 Å². The van der Waals surface area contributed by atoms with Crippen LogP contribution in [0.1, 0.15) is 41.7 Å². The van der Waals surface area contributed by atoms with Crippen LogP contribution < -0.4 is 10.2 Å².